The lowest BCUT2D eigenvalue weighted by Gasteiger charge is -2.32. The molecule has 5 aliphatic rings. The number of carboxylic acid groups (broad SMARTS) is 1. The molecule has 7 atom stereocenters. The molecule has 2 saturated carbocycles. The fraction of sp³-hybridized carbons (Fsp3) is 0.615. The number of fused-ring (bicyclic) bond motifs is 3. The van der Waals surface area contributed by atoms with Gasteiger partial charge in [-0.15, -0.1) is 0 Å². The summed E-state index contributed by atoms with van der Waals surface area (Å²) in [7, 11) is -2.83. The molecule has 4 amide bonds. The number of nitrogens with zero attached hydrogens (tertiary/aromatic N) is 3. The van der Waals surface area contributed by atoms with Gasteiger partial charge >= 0.3 is 6.09 Å². The number of nitrogens with one attached hydrogen (secondary N) is 3. The van der Waals surface area contributed by atoms with Crippen LogP contribution in [-0.2, 0) is 29.1 Å². The summed E-state index contributed by atoms with van der Waals surface area (Å²) in [6, 6.07) is 3.06. The minimum Gasteiger partial charge on any atom is -0.497 e. The second-order valence-electron chi connectivity index (χ2n) is 16.2. The molecular weight excluding hydrogens is 764 g/mol. The number of hydrogen-bond donors (Lipinski definition) is 4. The number of rotatable bonds is 9. The van der Waals surface area contributed by atoms with E-state index in [1.165, 1.54) is 4.90 Å². The number of amides is 4. The fourth-order valence-corrected chi connectivity index (χ4v) is 9.93. The van der Waals surface area contributed by atoms with Crippen LogP contribution in [0, 0.1) is 17.8 Å². The van der Waals surface area contributed by atoms with E-state index in [1.54, 1.807) is 32.4 Å². The summed E-state index contributed by atoms with van der Waals surface area (Å²) in [5.41, 5.74) is -0.818. The van der Waals surface area contributed by atoms with Gasteiger partial charge in [0, 0.05) is 36.2 Å². The van der Waals surface area contributed by atoms with E-state index in [-0.39, 0.29) is 44.0 Å². The summed E-state index contributed by atoms with van der Waals surface area (Å²) in [4.78, 5) is 63.1. The van der Waals surface area contributed by atoms with Crippen LogP contribution in [0.1, 0.15) is 58.8 Å². The number of hydrogen-bond acceptors (Lipinski definition) is 11. The Morgan fingerprint density at radius 1 is 1.14 bits per heavy atom. The molecule has 4 N–H and O–H groups in total. The Hall–Kier alpha value is -4.71. The van der Waals surface area contributed by atoms with Crippen molar-refractivity contribution < 1.29 is 51.3 Å². The van der Waals surface area contributed by atoms with Gasteiger partial charge < -0.3 is 39.8 Å². The lowest BCUT2D eigenvalue weighted by molar-refractivity contribution is -0.142. The second kappa shape index (κ2) is 15.9. The highest BCUT2D eigenvalue weighted by atomic mass is 32.2. The van der Waals surface area contributed by atoms with E-state index in [0.717, 1.165) is 11.1 Å². The predicted molar refractivity (Wildman–Crippen MR) is 206 cm³/mol. The number of ether oxygens (including phenoxy) is 3. The normalized spacial score (nSPS) is 30.8. The molecule has 0 radical (unpaired) electrons. The summed E-state index contributed by atoms with van der Waals surface area (Å²) >= 11 is 0. The first kappa shape index (κ1) is 40.5. The number of morpholine rings is 1. The molecule has 2 saturated heterocycles. The maximum absolute atomic E-state index is 14.5. The van der Waals surface area contributed by atoms with Crippen molar-refractivity contribution in [1.29, 1.82) is 0 Å². The average Bonchev–Trinajstić information content (AvgIpc) is 4.10. The Bertz CT molecular complexity index is 2040. The van der Waals surface area contributed by atoms with Crippen LogP contribution in [0.25, 0.3) is 10.8 Å². The second-order valence-corrected chi connectivity index (χ2v) is 18.3. The number of sulfonamides is 1. The van der Waals surface area contributed by atoms with Gasteiger partial charge in [-0.1, -0.05) is 26.0 Å². The van der Waals surface area contributed by atoms with E-state index in [1.807, 2.05) is 25.1 Å². The molecule has 57 heavy (non-hydrogen) atoms. The standard InChI is InChI=1S/C39H51FN6O10S/c1-23-6-4-5-7-25-19-39(25,36(49)44-57(52,53)38(22-40)10-11-38)43-33(47)30-18-27(21-46(30)35(48)32(24(2)16-23)42-37(50)51)56-34-28-9-8-26(54-3)17-29(28)31(20-41-34)45-12-14-55-15-13-45/h5,7-9,17,20,23-25,27,30,32,42H,4,6,10-16,18-19,21-22H2,1-3H3,(H,43,47)(H,44,49)(H,50,51)/b7-5-/t23-,24-,25-,27-,30+,32+,39-/m1/s1. The molecule has 16 nitrogen and oxygen atoms in total. The summed E-state index contributed by atoms with van der Waals surface area (Å²) in [5.74, 6) is -2.39. The lowest BCUT2D eigenvalue weighted by atomic mass is 9.88. The number of pyridine rings is 1. The van der Waals surface area contributed by atoms with Crippen molar-refractivity contribution >= 4 is 50.3 Å². The van der Waals surface area contributed by atoms with Crippen molar-refractivity contribution in [3.8, 4) is 11.6 Å². The van der Waals surface area contributed by atoms with Crippen LogP contribution in [0.15, 0.2) is 36.5 Å². The van der Waals surface area contributed by atoms with Crippen LogP contribution in [0.2, 0.25) is 0 Å². The number of anilines is 1. The Labute approximate surface area is 330 Å². The van der Waals surface area contributed by atoms with Crippen LogP contribution in [0.5, 0.6) is 11.6 Å². The molecule has 7 rings (SSSR count). The Morgan fingerprint density at radius 3 is 2.58 bits per heavy atom. The van der Waals surface area contributed by atoms with Crippen LogP contribution < -0.4 is 29.7 Å². The van der Waals surface area contributed by atoms with Crippen molar-refractivity contribution in [2.75, 3.05) is 51.5 Å². The van der Waals surface area contributed by atoms with Gasteiger partial charge in [0.15, 0.2) is 0 Å². The molecule has 18 heteroatoms. The number of methoxy groups -OCH3 is 1. The largest absolute Gasteiger partial charge is 0.497 e. The molecule has 4 fully saturated rings. The molecular formula is C39H51FN6O10S. The van der Waals surface area contributed by atoms with Gasteiger partial charge in [-0.3, -0.25) is 19.1 Å². The highest BCUT2D eigenvalue weighted by molar-refractivity contribution is 7.91. The first-order chi connectivity index (χ1) is 27.2. The molecule has 3 aliphatic heterocycles. The maximum Gasteiger partial charge on any atom is 0.405 e. The molecule has 2 aliphatic carbocycles. The summed E-state index contributed by atoms with van der Waals surface area (Å²) in [6.45, 7) is 4.98. The van der Waals surface area contributed by atoms with Gasteiger partial charge in [-0.05, 0) is 68.6 Å². The quantitative estimate of drug-likeness (QED) is 0.270. The van der Waals surface area contributed by atoms with Gasteiger partial charge in [0.2, 0.25) is 27.7 Å². The minimum atomic E-state index is -4.40. The monoisotopic (exact) mass is 814 g/mol. The highest BCUT2D eigenvalue weighted by Crippen LogP contribution is 2.48. The Morgan fingerprint density at radius 2 is 1.89 bits per heavy atom. The van der Waals surface area contributed by atoms with E-state index in [0.29, 0.717) is 56.7 Å². The van der Waals surface area contributed by atoms with E-state index in [4.69, 9.17) is 14.2 Å². The molecule has 2 aromatic rings. The van der Waals surface area contributed by atoms with Crippen molar-refractivity contribution in [3.05, 3.63) is 36.5 Å². The van der Waals surface area contributed by atoms with Gasteiger partial charge in [0.1, 0.15) is 40.9 Å². The number of carbonyl (C=O) groups excluding carboxylic acids is 3. The van der Waals surface area contributed by atoms with Crippen LogP contribution in [-0.4, -0.2) is 122 Å². The van der Waals surface area contributed by atoms with Crippen molar-refractivity contribution in [1.82, 2.24) is 25.2 Å². The zero-order chi connectivity index (χ0) is 40.7. The molecule has 4 heterocycles. The molecule has 1 aromatic carbocycles. The number of benzene rings is 1. The topological polar surface area (TPSA) is 206 Å². The number of allylic oxidation sites excluding steroid dienone is 1. The molecule has 0 bridgehead atoms. The third-order valence-corrected chi connectivity index (χ3v) is 14.3. The number of carbonyl (C=O) groups is 4. The number of halogens is 1. The fourth-order valence-electron chi connectivity index (χ4n) is 8.50. The van der Waals surface area contributed by atoms with Gasteiger partial charge in [0.05, 0.1) is 38.8 Å². The predicted octanol–water partition coefficient (Wildman–Crippen LogP) is 2.90. The third kappa shape index (κ3) is 8.07. The average molecular weight is 815 g/mol. The van der Waals surface area contributed by atoms with E-state index >= 15 is 0 Å². The Kier molecular flexibility index (Phi) is 11.3. The summed E-state index contributed by atoms with van der Waals surface area (Å²) in [6.07, 6.45) is 5.17. The molecule has 0 spiro atoms. The van der Waals surface area contributed by atoms with E-state index in [9.17, 15) is 37.1 Å². The van der Waals surface area contributed by atoms with Crippen LogP contribution in [0.3, 0.4) is 0 Å². The Balaban J connectivity index is 1.22. The van der Waals surface area contributed by atoms with Gasteiger partial charge in [-0.25, -0.2) is 22.6 Å². The van der Waals surface area contributed by atoms with Crippen molar-refractivity contribution in [2.24, 2.45) is 17.8 Å². The zero-order valence-electron chi connectivity index (χ0n) is 32.4. The van der Waals surface area contributed by atoms with Crippen LogP contribution >= 0.6 is 0 Å². The van der Waals surface area contributed by atoms with Crippen molar-refractivity contribution in [2.45, 2.75) is 87.3 Å². The number of alkyl halides is 1. The molecule has 1 aromatic heterocycles. The first-order valence-electron chi connectivity index (χ1n) is 19.6. The van der Waals surface area contributed by atoms with E-state index in [2.05, 4.69) is 25.2 Å². The first-order valence-corrected chi connectivity index (χ1v) is 21.1. The summed E-state index contributed by atoms with van der Waals surface area (Å²) in [5, 5.41) is 16.5. The smallest absolute Gasteiger partial charge is 0.405 e. The van der Waals surface area contributed by atoms with Gasteiger partial charge in [0.25, 0.3) is 5.91 Å². The number of aromatic nitrogens is 1. The SMILES string of the molecule is COc1ccc2c(O[C@@H]3C[C@H]4C(=O)N[C@]5(C(=O)NS(=O)(=O)C6(CF)CC6)C[C@H]5/C=C\CC[C@@H](C)C[C@@H](C)[C@H](NC(=O)O)C(=O)N4C3)ncc(N3CCOCC3)c2c1. The van der Waals surface area contributed by atoms with Crippen molar-refractivity contribution in [3.63, 3.8) is 0 Å². The summed E-state index contributed by atoms with van der Waals surface area (Å²) < 4.78 is 58.2. The molecule has 0 unspecified atom stereocenters. The lowest BCUT2D eigenvalue weighted by Crippen LogP contribution is -2.59. The van der Waals surface area contributed by atoms with Crippen LogP contribution in [0.4, 0.5) is 14.9 Å². The molecule has 310 valence electrons. The third-order valence-electron chi connectivity index (χ3n) is 12.2. The van der Waals surface area contributed by atoms with Gasteiger partial charge in [-0.2, -0.15) is 0 Å². The maximum atomic E-state index is 14.5. The minimum absolute atomic E-state index is 0.0475. The highest BCUT2D eigenvalue weighted by Gasteiger charge is 2.64. The van der Waals surface area contributed by atoms with E-state index < -0.39 is 80.8 Å². The zero-order valence-corrected chi connectivity index (χ0v) is 33.2.